The summed E-state index contributed by atoms with van der Waals surface area (Å²) in [7, 11) is 0. The van der Waals surface area contributed by atoms with Gasteiger partial charge in [-0.2, -0.15) is 5.10 Å². The lowest BCUT2D eigenvalue weighted by atomic mass is 10.1. The summed E-state index contributed by atoms with van der Waals surface area (Å²) >= 11 is 0. The minimum absolute atomic E-state index is 0.0793. The molecule has 0 unspecified atom stereocenters. The van der Waals surface area contributed by atoms with Crippen molar-refractivity contribution < 1.29 is 0 Å². The maximum absolute atomic E-state index is 4.14. The first kappa shape index (κ1) is 7.32. The molecule has 1 rings (SSSR count). The highest BCUT2D eigenvalue weighted by molar-refractivity contribution is 5.08. The molecule has 0 aliphatic carbocycles. The summed E-state index contributed by atoms with van der Waals surface area (Å²) in [5, 5.41) is 4.14. The minimum Gasteiger partial charge on any atom is -0.267 e. The number of hydrogen-bond donors (Lipinski definition) is 0. The summed E-state index contributed by atoms with van der Waals surface area (Å²) in [6, 6.07) is 0. The molecule has 2 heteroatoms. The maximum atomic E-state index is 4.14. The SMILES string of the molecule is [CH2]c1cnn(C(C)(C)C)c1. The molecule has 1 aromatic rings. The van der Waals surface area contributed by atoms with Gasteiger partial charge in [-0.25, -0.2) is 0 Å². The molecule has 10 heavy (non-hydrogen) atoms. The molecule has 2 nitrogen and oxygen atoms in total. The van der Waals surface area contributed by atoms with Crippen molar-refractivity contribution >= 4 is 0 Å². The van der Waals surface area contributed by atoms with Crippen LogP contribution >= 0.6 is 0 Å². The van der Waals surface area contributed by atoms with Gasteiger partial charge in [0.2, 0.25) is 0 Å². The van der Waals surface area contributed by atoms with E-state index in [0.29, 0.717) is 0 Å². The summed E-state index contributed by atoms with van der Waals surface area (Å²) < 4.78 is 1.91. The minimum atomic E-state index is 0.0793. The average molecular weight is 137 g/mol. The first-order valence-corrected chi connectivity index (χ1v) is 3.37. The third-order valence-electron chi connectivity index (χ3n) is 1.32. The molecule has 55 valence electrons. The van der Waals surface area contributed by atoms with Crippen LogP contribution in [0.2, 0.25) is 0 Å². The molecule has 0 saturated heterocycles. The standard InChI is InChI=1S/C8H13N2/c1-7-5-9-10(6-7)8(2,3)4/h5-6H,1H2,2-4H3. The lowest BCUT2D eigenvalue weighted by Gasteiger charge is -2.18. The van der Waals surface area contributed by atoms with Crippen LogP contribution in [0.5, 0.6) is 0 Å². The van der Waals surface area contributed by atoms with Crippen LogP contribution in [-0.2, 0) is 5.54 Å². The van der Waals surface area contributed by atoms with Crippen LogP contribution in [0.25, 0.3) is 0 Å². The largest absolute Gasteiger partial charge is 0.267 e. The Morgan fingerprint density at radius 3 is 2.30 bits per heavy atom. The monoisotopic (exact) mass is 137 g/mol. The Balaban J connectivity index is 2.96. The van der Waals surface area contributed by atoms with Crippen molar-refractivity contribution in [3.63, 3.8) is 0 Å². The number of hydrogen-bond acceptors (Lipinski definition) is 1. The number of aromatic nitrogens is 2. The predicted molar refractivity (Wildman–Crippen MR) is 41.7 cm³/mol. The molecule has 0 N–H and O–H groups in total. The van der Waals surface area contributed by atoms with E-state index in [1.54, 1.807) is 6.20 Å². The number of rotatable bonds is 0. The second-order valence-electron chi connectivity index (χ2n) is 3.46. The van der Waals surface area contributed by atoms with E-state index in [1.165, 1.54) is 0 Å². The van der Waals surface area contributed by atoms with Crippen molar-refractivity contribution in [1.82, 2.24) is 9.78 Å². The van der Waals surface area contributed by atoms with Gasteiger partial charge in [0.1, 0.15) is 0 Å². The molecule has 0 fully saturated rings. The fourth-order valence-electron chi connectivity index (χ4n) is 0.727. The van der Waals surface area contributed by atoms with Gasteiger partial charge in [-0.05, 0) is 33.3 Å². The summed E-state index contributed by atoms with van der Waals surface area (Å²) in [4.78, 5) is 0. The zero-order chi connectivity index (χ0) is 7.78. The van der Waals surface area contributed by atoms with E-state index in [0.717, 1.165) is 5.56 Å². The van der Waals surface area contributed by atoms with Gasteiger partial charge in [0.25, 0.3) is 0 Å². The van der Waals surface area contributed by atoms with Crippen molar-refractivity contribution in [3.05, 3.63) is 24.9 Å². The fourth-order valence-corrected chi connectivity index (χ4v) is 0.727. The molecule has 0 spiro atoms. The van der Waals surface area contributed by atoms with Crippen molar-refractivity contribution in [1.29, 1.82) is 0 Å². The molecular formula is C8H13N2. The second kappa shape index (κ2) is 2.11. The van der Waals surface area contributed by atoms with E-state index in [1.807, 2.05) is 10.9 Å². The molecule has 0 amide bonds. The third kappa shape index (κ3) is 1.38. The molecule has 0 saturated carbocycles. The lowest BCUT2D eigenvalue weighted by molar-refractivity contribution is 0.355. The summed E-state index contributed by atoms with van der Waals surface area (Å²) in [6.45, 7) is 10.1. The average Bonchev–Trinajstić information content (AvgIpc) is 2.11. The Hall–Kier alpha value is -0.790. The molecule has 0 bridgehead atoms. The topological polar surface area (TPSA) is 17.8 Å². The maximum Gasteiger partial charge on any atom is 0.0543 e. The van der Waals surface area contributed by atoms with Crippen LogP contribution in [0.4, 0.5) is 0 Å². The van der Waals surface area contributed by atoms with Crippen molar-refractivity contribution in [2.75, 3.05) is 0 Å². The van der Waals surface area contributed by atoms with Gasteiger partial charge in [-0.1, -0.05) is 0 Å². The molecule has 0 aromatic carbocycles. The molecule has 0 aliphatic rings. The van der Waals surface area contributed by atoms with Crippen LogP contribution < -0.4 is 0 Å². The summed E-state index contributed by atoms with van der Waals surface area (Å²) in [6.07, 6.45) is 3.71. The van der Waals surface area contributed by atoms with Crippen molar-refractivity contribution in [2.24, 2.45) is 0 Å². The van der Waals surface area contributed by atoms with E-state index >= 15 is 0 Å². The van der Waals surface area contributed by atoms with Crippen LogP contribution in [-0.4, -0.2) is 9.78 Å². The highest BCUT2D eigenvalue weighted by atomic mass is 15.3. The molecule has 0 aliphatic heterocycles. The van der Waals surface area contributed by atoms with Gasteiger partial charge in [0, 0.05) is 6.20 Å². The highest BCUT2D eigenvalue weighted by Crippen LogP contribution is 2.12. The van der Waals surface area contributed by atoms with Crippen LogP contribution in [0.1, 0.15) is 26.3 Å². The van der Waals surface area contributed by atoms with E-state index < -0.39 is 0 Å². The third-order valence-corrected chi connectivity index (χ3v) is 1.32. The first-order valence-electron chi connectivity index (χ1n) is 3.37. The fraction of sp³-hybridized carbons (Fsp3) is 0.500. The molecular weight excluding hydrogens is 124 g/mol. The molecule has 1 radical (unpaired) electrons. The first-order chi connectivity index (χ1) is 4.50. The lowest BCUT2D eigenvalue weighted by Crippen LogP contribution is -2.21. The smallest absolute Gasteiger partial charge is 0.0543 e. The predicted octanol–water partition coefficient (Wildman–Crippen LogP) is 1.82. The van der Waals surface area contributed by atoms with Gasteiger partial charge < -0.3 is 0 Å². The molecule has 1 aromatic heterocycles. The van der Waals surface area contributed by atoms with Crippen molar-refractivity contribution in [2.45, 2.75) is 26.3 Å². The molecule has 1 heterocycles. The van der Waals surface area contributed by atoms with Gasteiger partial charge in [-0.15, -0.1) is 0 Å². The Labute approximate surface area is 61.9 Å². The van der Waals surface area contributed by atoms with E-state index in [-0.39, 0.29) is 5.54 Å². The van der Waals surface area contributed by atoms with E-state index in [9.17, 15) is 0 Å². The zero-order valence-corrected chi connectivity index (χ0v) is 6.76. The van der Waals surface area contributed by atoms with Gasteiger partial charge in [-0.3, -0.25) is 4.68 Å². The van der Waals surface area contributed by atoms with E-state index in [4.69, 9.17) is 0 Å². The molecule has 0 atom stereocenters. The van der Waals surface area contributed by atoms with Crippen LogP contribution in [0.3, 0.4) is 0 Å². The van der Waals surface area contributed by atoms with Crippen LogP contribution in [0.15, 0.2) is 12.4 Å². The Morgan fingerprint density at radius 2 is 2.10 bits per heavy atom. The Kier molecular flexibility index (Phi) is 1.55. The second-order valence-corrected chi connectivity index (χ2v) is 3.46. The van der Waals surface area contributed by atoms with E-state index in [2.05, 4.69) is 32.8 Å². The van der Waals surface area contributed by atoms with Gasteiger partial charge in [0.05, 0.1) is 11.7 Å². The summed E-state index contributed by atoms with van der Waals surface area (Å²) in [5.41, 5.74) is 1.05. The van der Waals surface area contributed by atoms with Crippen LogP contribution in [0, 0.1) is 6.92 Å². The van der Waals surface area contributed by atoms with Crippen molar-refractivity contribution in [3.8, 4) is 0 Å². The quantitative estimate of drug-likeness (QED) is 0.533. The Bertz CT molecular complexity index is 217. The van der Waals surface area contributed by atoms with Gasteiger partial charge >= 0.3 is 0 Å². The zero-order valence-electron chi connectivity index (χ0n) is 6.76. The highest BCUT2D eigenvalue weighted by Gasteiger charge is 2.12. The van der Waals surface area contributed by atoms with Gasteiger partial charge in [0.15, 0.2) is 0 Å². The summed E-state index contributed by atoms with van der Waals surface area (Å²) in [5.74, 6) is 0. The number of nitrogens with zero attached hydrogens (tertiary/aromatic N) is 2. The Morgan fingerprint density at radius 1 is 1.50 bits per heavy atom. The normalized spacial score (nSPS) is 12.0.